The lowest BCUT2D eigenvalue weighted by atomic mass is 9.81. The van der Waals surface area contributed by atoms with E-state index in [-0.39, 0.29) is 31.0 Å². The zero-order chi connectivity index (χ0) is 37.5. The number of nitrogens with one attached hydrogen (secondary N) is 1. The van der Waals surface area contributed by atoms with E-state index in [2.05, 4.69) is 4.98 Å². The number of halogens is 3. The smallest absolute Gasteiger partial charge is 0.416 e. The van der Waals surface area contributed by atoms with Gasteiger partial charge in [0.1, 0.15) is 6.61 Å². The first-order chi connectivity index (χ1) is 24.9. The van der Waals surface area contributed by atoms with Crippen molar-refractivity contribution in [2.24, 2.45) is 0 Å². The number of ether oxygens (including phenoxy) is 3. The van der Waals surface area contributed by atoms with Crippen molar-refractivity contribution >= 4 is 23.7 Å². The summed E-state index contributed by atoms with van der Waals surface area (Å²) in [5.74, 6) is -2.76. The topological polar surface area (TPSA) is 112 Å². The minimum atomic E-state index is -4.47. The number of ketones is 1. The molecule has 1 aromatic heterocycles. The Hall–Kier alpha value is -5.97. The summed E-state index contributed by atoms with van der Waals surface area (Å²) in [5.41, 5.74) is 1.86. The van der Waals surface area contributed by atoms with E-state index in [4.69, 9.17) is 14.2 Å². The van der Waals surface area contributed by atoms with Gasteiger partial charge in [0.25, 0.3) is 0 Å². The number of H-pyrrole nitrogens is 1. The second kappa shape index (κ2) is 15.9. The second-order valence-corrected chi connectivity index (χ2v) is 11.9. The average molecular weight is 712 g/mol. The normalized spacial score (nSPS) is 11.5. The van der Waals surface area contributed by atoms with Crippen molar-refractivity contribution in [1.29, 1.82) is 0 Å². The molecule has 11 heteroatoms. The number of rotatable bonds is 13. The minimum absolute atomic E-state index is 0.000911. The number of hydrogen-bond acceptors (Lipinski definition) is 7. The summed E-state index contributed by atoms with van der Waals surface area (Å²) >= 11 is 0. The van der Waals surface area contributed by atoms with Crippen molar-refractivity contribution in [3.8, 4) is 22.4 Å². The Morgan fingerprint density at radius 2 is 1.23 bits per heavy atom. The van der Waals surface area contributed by atoms with Crippen LogP contribution in [0.1, 0.15) is 52.0 Å². The Labute approximate surface area is 298 Å². The zero-order valence-corrected chi connectivity index (χ0v) is 28.7. The van der Waals surface area contributed by atoms with Crippen LogP contribution in [0.25, 0.3) is 22.4 Å². The Morgan fingerprint density at radius 1 is 0.654 bits per heavy atom. The first kappa shape index (κ1) is 37.3. The molecule has 5 rings (SSSR count). The van der Waals surface area contributed by atoms with E-state index in [1.807, 2.05) is 0 Å². The number of benzene rings is 4. The fraction of sp³-hybridized carbons (Fsp3) is 0.220. The van der Waals surface area contributed by atoms with E-state index in [1.54, 1.807) is 106 Å². The summed E-state index contributed by atoms with van der Waals surface area (Å²) < 4.78 is 55.4. The lowest BCUT2D eigenvalue weighted by molar-refractivity contribution is -0.170. The van der Waals surface area contributed by atoms with Gasteiger partial charge in [-0.2, -0.15) is 13.2 Å². The van der Waals surface area contributed by atoms with Crippen molar-refractivity contribution < 1.29 is 46.6 Å². The molecular weight excluding hydrogens is 675 g/mol. The summed E-state index contributed by atoms with van der Waals surface area (Å²) in [6.45, 7) is 4.38. The molecule has 8 nitrogen and oxygen atoms in total. The minimum Gasteiger partial charge on any atom is -0.465 e. The number of carbonyl (C=O) groups is 4. The van der Waals surface area contributed by atoms with E-state index in [9.17, 15) is 32.3 Å². The Bertz CT molecular complexity index is 2030. The van der Waals surface area contributed by atoms with Crippen LogP contribution < -0.4 is 0 Å². The number of esters is 3. The van der Waals surface area contributed by atoms with Gasteiger partial charge in [-0.05, 0) is 66.3 Å². The first-order valence-electron chi connectivity index (χ1n) is 16.5. The summed E-state index contributed by atoms with van der Waals surface area (Å²) in [6.07, 6.45) is -3.04. The standard InChI is InChI=1S/C41H36F3NO7/c1-4-50-38(48)40(39(49)51-5-2,30-11-7-6-8-12-30)25-52-35(46)23-27-15-17-29(18-16-27)36-26(3)34(24-45-36)37(47)33-14-10-9-13-32(33)28-19-21-31(22-20-28)41(42,43)44/h6-22,24,45H,4-5,23,25H2,1-3H3. The predicted octanol–water partition coefficient (Wildman–Crippen LogP) is 8.06. The van der Waals surface area contributed by atoms with Crippen LogP contribution in [0, 0.1) is 6.92 Å². The van der Waals surface area contributed by atoms with Crippen LogP contribution in [0.3, 0.4) is 0 Å². The van der Waals surface area contributed by atoms with Gasteiger partial charge in [0.05, 0.1) is 25.2 Å². The molecule has 5 aromatic rings. The molecule has 0 aliphatic carbocycles. The van der Waals surface area contributed by atoms with Crippen molar-refractivity contribution in [2.75, 3.05) is 19.8 Å². The van der Waals surface area contributed by atoms with Gasteiger partial charge in [-0.15, -0.1) is 0 Å². The maximum atomic E-state index is 13.8. The molecule has 0 bridgehead atoms. The molecule has 0 fully saturated rings. The summed E-state index contributed by atoms with van der Waals surface area (Å²) in [6, 6.07) is 26.6. The molecule has 0 aliphatic rings. The Morgan fingerprint density at radius 3 is 1.83 bits per heavy atom. The highest BCUT2D eigenvalue weighted by atomic mass is 19.4. The van der Waals surface area contributed by atoms with E-state index in [0.29, 0.717) is 39.1 Å². The third-order valence-electron chi connectivity index (χ3n) is 8.63. The molecule has 0 radical (unpaired) electrons. The molecule has 0 saturated heterocycles. The van der Waals surface area contributed by atoms with E-state index in [0.717, 1.165) is 17.7 Å². The largest absolute Gasteiger partial charge is 0.465 e. The summed E-state index contributed by atoms with van der Waals surface area (Å²) in [4.78, 5) is 56.4. The number of aromatic nitrogens is 1. The molecule has 1 heterocycles. The maximum Gasteiger partial charge on any atom is 0.416 e. The van der Waals surface area contributed by atoms with Gasteiger partial charge >= 0.3 is 24.1 Å². The highest BCUT2D eigenvalue weighted by Gasteiger charge is 2.52. The van der Waals surface area contributed by atoms with Crippen LogP contribution >= 0.6 is 0 Å². The van der Waals surface area contributed by atoms with Gasteiger partial charge in [-0.1, -0.05) is 91.0 Å². The van der Waals surface area contributed by atoms with Crippen LogP contribution in [0.4, 0.5) is 13.2 Å². The van der Waals surface area contributed by atoms with Crippen molar-refractivity contribution in [3.05, 3.63) is 143 Å². The Balaban J connectivity index is 1.31. The van der Waals surface area contributed by atoms with Crippen molar-refractivity contribution in [1.82, 2.24) is 4.98 Å². The highest BCUT2D eigenvalue weighted by Crippen LogP contribution is 2.34. The lowest BCUT2D eigenvalue weighted by Gasteiger charge is -2.29. The molecule has 52 heavy (non-hydrogen) atoms. The molecule has 268 valence electrons. The summed E-state index contributed by atoms with van der Waals surface area (Å²) in [5, 5.41) is 0. The zero-order valence-electron chi connectivity index (χ0n) is 28.7. The third-order valence-corrected chi connectivity index (χ3v) is 8.63. The van der Waals surface area contributed by atoms with Gasteiger partial charge in [-0.25, -0.2) is 0 Å². The SMILES string of the molecule is CCOC(=O)C(COC(=O)Cc1ccc(-c2[nH]cc(C(=O)c3ccccc3-c3ccc(C(F)(F)F)cc3)c2C)cc1)(C(=O)OCC)c1ccccc1. The van der Waals surface area contributed by atoms with Crippen LogP contribution in [0.15, 0.2) is 109 Å². The maximum absolute atomic E-state index is 13.8. The molecule has 0 spiro atoms. The van der Waals surface area contributed by atoms with Crippen molar-refractivity contribution in [2.45, 2.75) is 38.8 Å². The molecule has 1 N–H and O–H groups in total. The van der Waals surface area contributed by atoms with Gasteiger partial charge in [0, 0.05) is 23.0 Å². The van der Waals surface area contributed by atoms with Crippen LogP contribution in [-0.4, -0.2) is 48.5 Å². The number of alkyl halides is 3. The van der Waals surface area contributed by atoms with E-state index < -0.39 is 41.7 Å². The predicted molar refractivity (Wildman–Crippen MR) is 187 cm³/mol. The van der Waals surface area contributed by atoms with Gasteiger partial charge in [0.15, 0.2) is 5.78 Å². The highest BCUT2D eigenvalue weighted by molar-refractivity contribution is 6.14. The Kier molecular flexibility index (Phi) is 11.4. The molecular formula is C41H36F3NO7. The fourth-order valence-corrected chi connectivity index (χ4v) is 5.90. The molecule has 0 saturated carbocycles. The quantitative estimate of drug-likeness (QED) is 0.0569. The lowest BCUT2D eigenvalue weighted by Crippen LogP contribution is -2.50. The molecule has 0 atom stereocenters. The number of carbonyl (C=O) groups excluding carboxylic acids is 4. The van der Waals surface area contributed by atoms with Crippen molar-refractivity contribution in [3.63, 3.8) is 0 Å². The average Bonchev–Trinajstić information content (AvgIpc) is 3.53. The third kappa shape index (κ3) is 7.83. The first-order valence-corrected chi connectivity index (χ1v) is 16.5. The van der Waals surface area contributed by atoms with Crippen LogP contribution in [0.2, 0.25) is 0 Å². The molecule has 0 aliphatic heterocycles. The summed E-state index contributed by atoms with van der Waals surface area (Å²) in [7, 11) is 0. The van der Waals surface area contributed by atoms with Gasteiger partial charge in [-0.3, -0.25) is 19.2 Å². The van der Waals surface area contributed by atoms with Gasteiger partial charge in [0.2, 0.25) is 5.41 Å². The molecule has 0 amide bonds. The van der Waals surface area contributed by atoms with E-state index >= 15 is 0 Å². The van der Waals surface area contributed by atoms with E-state index in [1.165, 1.54) is 12.1 Å². The second-order valence-electron chi connectivity index (χ2n) is 11.9. The van der Waals surface area contributed by atoms with Crippen LogP contribution in [0.5, 0.6) is 0 Å². The monoisotopic (exact) mass is 711 g/mol. The fourth-order valence-electron chi connectivity index (χ4n) is 5.90. The number of aromatic amines is 1. The molecule has 0 unspecified atom stereocenters. The van der Waals surface area contributed by atoms with Gasteiger partial charge < -0.3 is 19.2 Å². The molecule has 4 aromatic carbocycles. The number of hydrogen-bond donors (Lipinski definition) is 1. The van der Waals surface area contributed by atoms with Crippen LogP contribution in [-0.2, 0) is 46.6 Å².